The van der Waals surface area contributed by atoms with Gasteiger partial charge in [-0.15, -0.1) is 0 Å². The molecule has 0 spiro atoms. The Morgan fingerprint density at radius 1 is 1.36 bits per heavy atom. The van der Waals surface area contributed by atoms with Crippen molar-refractivity contribution in [2.24, 2.45) is 0 Å². The molecule has 4 heteroatoms. The monoisotopic (exact) mass is 188 g/mol. The zero-order valence-corrected chi connectivity index (χ0v) is 7.88. The van der Waals surface area contributed by atoms with Gasteiger partial charge >= 0.3 is 0 Å². The summed E-state index contributed by atoms with van der Waals surface area (Å²) in [6.07, 6.45) is 4.15. The predicted molar refractivity (Wildman–Crippen MR) is 53.9 cm³/mol. The van der Waals surface area contributed by atoms with E-state index in [9.17, 15) is 0 Å². The highest BCUT2D eigenvalue weighted by atomic mass is 15.1. The Kier molecular flexibility index (Phi) is 1.73. The van der Waals surface area contributed by atoms with E-state index in [1.165, 1.54) is 17.7 Å². The smallest absolute Gasteiger partial charge is 0.155 e. The highest BCUT2D eigenvalue weighted by Gasteiger charge is 2.10. The van der Waals surface area contributed by atoms with Crippen LogP contribution in [0.1, 0.15) is 17.7 Å². The molecule has 4 nitrogen and oxygen atoms in total. The van der Waals surface area contributed by atoms with E-state index in [0.29, 0.717) is 0 Å². The van der Waals surface area contributed by atoms with Gasteiger partial charge in [-0.25, -0.2) is 4.98 Å². The Morgan fingerprint density at radius 3 is 3.36 bits per heavy atom. The van der Waals surface area contributed by atoms with Crippen LogP contribution >= 0.6 is 0 Å². The third-order valence-corrected chi connectivity index (χ3v) is 2.69. The molecule has 2 N–H and O–H groups in total. The number of fused-ring (bicyclic) bond motifs is 2. The van der Waals surface area contributed by atoms with Crippen LogP contribution < -0.4 is 5.32 Å². The van der Waals surface area contributed by atoms with Crippen LogP contribution in [0.2, 0.25) is 0 Å². The van der Waals surface area contributed by atoms with Crippen molar-refractivity contribution in [3.8, 4) is 0 Å². The quantitative estimate of drug-likeness (QED) is 0.648. The lowest BCUT2D eigenvalue weighted by atomic mass is 10.1. The number of aromatic amines is 1. The van der Waals surface area contributed by atoms with Crippen molar-refractivity contribution < 1.29 is 0 Å². The van der Waals surface area contributed by atoms with E-state index >= 15 is 0 Å². The van der Waals surface area contributed by atoms with Crippen molar-refractivity contribution >= 4 is 11.0 Å². The second kappa shape index (κ2) is 3.06. The van der Waals surface area contributed by atoms with Crippen molar-refractivity contribution in [2.45, 2.75) is 19.4 Å². The van der Waals surface area contributed by atoms with Crippen LogP contribution in [0.3, 0.4) is 0 Å². The van der Waals surface area contributed by atoms with Gasteiger partial charge < -0.3 is 5.32 Å². The average molecular weight is 188 g/mol. The van der Waals surface area contributed by atoms with Crippen LogP contribution in [-0.2, 0) is 13.0 Å². The van der Waals surface area contributed by atoms with E-state index in [0.717, 1.165) is 30.5 Å². The molecule has 0 bridgehead atoms. The van der Waals surface area contributed by atoms with E-state index in [1.807, 2.05) is 6.20 Å². The van der Waals surface area contributed by atoms with E-state index in [1.54, 1.807) is 0 Å². The van der Waals surface area contributed by atoms with Gasteiger partial charge in [-0.2, -0.15) is 5.10 Å². The van der Waals surface area contributed by atoms with Crippen LogP contribution in [0.5, 0.6) is 0 Å². The summed E-state index contributed by atoms with van der Waals surface area (Å²) >= 11 is 0. The summed E-state index contributed by atoms with van der Waals surface area (Å²) in [5.41, 5.74) is 3.43. The number of hydrogen-bond acceptors (Lipinski definition) is 3. The lowest BCUT2D eigenvalue weighted by Gasteiger charge is -2.03. The normalized spacial score (nSPS) is 16.6. The summed E-state index contributed by atoms with van der Waals surface area (Å²) in [6.45, 7) is 1.97. The SMILES string of the molecule is c1n[nH]c2nc3c(cc12)CCCNC3. The molecule has 0 amide bonds. The topological polar surface area (TPSA) is 53.6 Å². The average Bonchev–Trinajstić information content (AvgIpc) is 2.51. The highest BCUT2D eigenvalue weighted by molar-refractivity contribution is 5.74. The number of rotatable bonds is 0. The van der Waals surface area contributed by atoms with E-state index in [4.69, 9.17) is 0 Å². The molecule has 0 atom stereocenters. The van der Waals surface area contributed by atoms with Gasteiger partial charge in [-0.3, -0.25) is 5.10 Å². The standard InChI is InChI=1S/C10H12N4/c1-2-7-4-8-5-12-14-10(8)13-9(7)6-11-3-1/h4-5,11H,1-3,6H2,(H,12,13,14). The number of aromatic nitrogens is 3. The van der Waals surface area contributed by atoms with Crippen LogP contribution in [0.15, 0.2) is 12.3 Å². The van der Waals surface area contributed by atoms with Gasteiger partial charge in [0.25, 0.3) is 0 Å². The second-order valence-electron chi connectivity index (χ2n) is 3.68. The van der Waals surface area contributed by atoms with Gasteiger partial charge in [0.15, 0.2) is 5.65 Å². The molecule has 3 heterocycles. The lowest BCUT2D eigenvalue weighted by Crippen LogP contribution is -2.12. The Balaban J connectivity index is 2.19. The molecular weight excluding hydrogens is 176 g/mol. The van der Waals surface area contributed by atoms with Crippen molar-refractivity contribution in [2.75, 3.05) is 6.54 Å². The summed E-state index contributed by atoms with van der Waals surface area (Å²) in [5, 5.41) is 11.4. The Hall–Kier alpha value is -1.42. The van der Waals surface area contributed by atoms with Gasteiger partial charge in [0.1, 0.15) is 0 Å². The van der Waals surface area contributed by atoms with E-state index in [-0.39, 0.29) is 0 Å². The van der Waals surface area contributed by atoms with Crippen LogP contribution in [-0.4, -0.2) is 21.7 Å². The number of nitrogens with one attached hydrogen (secondary N) is 2. The maximum atomic E-state index is 4.56. The molecule has 0 radical (unpaired) electrons. The minimum Gasteiger partial charge on any atom is -0.311 e. The molecular formula is C10H12N4. The van der Waals surface area contributed by atoms with Crippen molar-refractivity contribution in [1.29, 1.82) is 0 Å². The first-order valence-corrected chi connectivity index (χ1v) is 4.96. The number of hydrogen-bond donors (Lipinski definition) is 2. The van der Waals surface area contributed by atoms with Crippen molar-refractivity contribution in [3.05, 3.63) is 23.5 Å². The third kappa shape index (κ3) is 1.19. The molecule has 1 aliphatic rings. The van der Waals surface area contributed by atoms with Crippen LogP contribution in [0.25, 0.3) is 11.0 Å². The predicted octanol–water partition coefficient (Wildman–Crippen LogP) is 0.994. The summed E-state index contributed by atoms with van der Waals surface area (Å²) < 4.78 is 0. The zero-order valence-electron chi connectivity index (χ0n) is 7.88. The minimum atomic E-state index is 0.879. The van der Waals surface area contributed by atoms with Gasteiger partial charge in [0.2, 0.25) is 0 Å². The molecule has 0 aromatic carbocycles. The Labute approximate surface area is 81.7 Å². The van der Waals surface area contributed by atoms with Crippen molar-refractivity contribution in [3.63, 3.8) is 0 Å². The fourth-order valence-corrected chi connectivity index (χ4v) is 1.94. The molecule has 0 saturated heterocycles. The molecule has 14 heavy (non-hydrogen) atoms. The highest BCUT2D eigenvalue weighted by Crippen LogP contribution is 2.17. The second-order valence-corrected chi connectivity index (χ2v) is 3.68. The molecule has 3 rings (SSSR count). The summed E-state index contributed by atoms with van der Waals surface area (Å²) in [4.78, 5) is 4.56. The molecule has 0 aliphatic carbocycles. The summed E-state index contributed by atoms with van der Waals surface area (Å²) in [6, 6.07) is 2.20. The van der Waals surface area contributed by atoms with Gasteiger partial charge in [-0.1, -0.05) is 0 Å². The summed E-state index contributed by atoms with van der Waals surface area (Å²) in [5.74, 6) is 0. The number of aryl methyl sites for hydroxylation is 1. The van der Waals surface area contributed by atoms with Gasteiger partial charge in [0.05, 0.1) is 11.9 Å². The molecule has 0 saturated carbocycles. The lowest BCUT2D eigenvalue weighted by molar-refractivity contribution is 0.675. The molecule has 2 aromatic rings. The van der Waals surface area contributed by atoms with Crippen molar-refractivity contribution in [1.82, 2.24) is 20.5 Å². The first-order chi connectivity index (χ1) is 6.93. The molecule has 72 valence electrons. The van der Waals surface area contributed by atoms with Gasteiger partial charge in [0, 0.05) is 11.9 Å². The maximum Gasteiger partial charge on any atom is 0.155 e. The maximum absolute atomic E-state index is 4.56. The Morgan fingerprint density at radius 2 is 2.36 bits per heavy atom. The molecule has 2 aromatic heterocycles. The number of nitrogens with zero attached hydrogens (tertiary/aromatic N) is 2. The third-order valence-electron chi connectivity index (χ3n) is 2.69. The first kappa shape index (κ1) is 7.94. The fraction of sp³-hybridized carbons (Fsp3) is 0.400. The Bertz CT molecular complexity index is 420. The van der Waals surface area contributed by atoms with E-state index < -0.39 is 0 Å². The fourth-order valence-electron chi connectivity index (χ4n) is 1.94. The zero-order chi connectivity index (χ0) is 9.38. The molecule has 0 fully saturated rings. The largest absolute Gasteiger partial charge is 0.311 e. The van der Waals surface area contributed by atoms with Gasteiger partial charge in [-0.05, 0) is 31.0 Å². The van der Waals surface area contributed by atoms with E-state index in [2.05, 4.69) is 26.6 Å². The minimum absolute atomic E-state index is 0.879. The summed E-state index contributed by atoms with van der Waals surface area (Å²) in [7, 11) is 0. The first-order valence-electron chi connectivity index (χ1n) is 4.96. The number of pyridine rings is 1. The number of H-pyrrole nitrogens is 1. The molecule has 0 unspecified atom stereocenters. The van der Waals surface area contributed by atoms with Crippen LogP contribution in [0, 0.1) is 0 Å². The molecule has 1 aliphatic heterocycles. The van der Waals surface area contributed by atoms with Crippen LogP contribution in [0.4, 0.5) is 0 Å².